The number of nitriles is 1. The lowest BCUT2D eigenvalue weighted by atomic mass is 9.86. The van der Waals surface area contributed by atoms with Crippen LogP contribution in [0, 0.1) is 11.3 Å². The molecule has 2 aromatic rings. The smallest absolute Gasteiger partial charge is 0.404 e. The fourth-order valence-electron chi connectivity index (χ4n) is 2.58. The maximum absolute atomic E-state index is 13.4. The Hall–Kier alpha value is -2.33. The molecule has 1 aliphatic rings. The molecule has 0 radical (unpaired) electrons. The highest BCUT2D eigenvalue weighted by atomic mass is 19.4. The molecule has 7 heteroatoms. The lowest BCUT2D eigenvalue weighted by Gasteiger charge is -2.27. The second-order valence-corrected chi connectivity index (χ2v) is 5.23. The van der Waals surface area contributed by atoms with Gasteiger partial charge in [0.05, 0.1) is 11.6 Å². The number of hydrogen-bond donors (Lipinski definition) is 1. The summed E-state index contributed by atoms with van der Waals surface area (Å²) in [5.74, 6) is -0.315. The number of rotatable bonds is 2. The van der Waals surface area contributed by atoms with Crippen molar-refractivity contribution < 1.29 is 17.6 Å². The van der Waals surface area contributed by atoms with E-state index in [-0.39, 0.29) is 25.4 Å². The lowest BCUT2D eigenvalue weighted by molar-refractivity contribution is -0.190. The highest BCUT2D eigenvalue weighted by Crippen LogP contribution is 2.45. The summed E-state index contributed by atoms with van der Waals surface area (Å²) in [6.45, 7) is 0.0396. The molecule has 1 unspecified atom stereocenters. The standard InChI is InChI=1S/C15H12F3N3O/c16-15(17,18)14(5-6-20-9-14)13-21-12(8-22-13)11-3-1-10(7-19)2-4-11/h1-4,8,20H,5-6,9H2. The predicted molar refractivity (Wildman–Crippen MR) is 71.9 cm³/mol. The van der Waals surface area contributed by atoms with Crippen LogP contribution in [0.2, 0.25) is 0 Å². The molecule has 0 bridgehead atoms. The fourth-order valence-corrected chi connectivity index (χ4v) is 2.58. The Balaban J connectivity index is 1.97. The zero-order chi connectivity index (χ0) is 15.8. The van der Waals surface area contributed by atoms with Crippen molar-refractivity contribution in [2.45, 2.75) is 18.0 Å². The zero-order valence-electron chi connectivity index (χ0n) is 11.4. The van der Waals surface area contributed by atoms with Crippen LogP contribution in [0.1, 0.15) is 17.9 Å². The molecule has 1 aromatic carbocycles. The Morgan fingerprint density at radius 1 is 1.27 bits per heavy atom. The molecule has 1 aliphatic heterocycles. The Kier molecular flexibility index (Phi) is 3.41. The SMILES string of the molecule is N#Cc1ccc(-c2coc(C3(C(F)(F)F)CCNC3)n2)cc1. The number of benzene rings is 1. The van der Waals surface area contributed by atoms with Gasteiger partial charge in [-0.15, -0.1) is 0 Å². The van der Waals surface area contributed by atoms with Crippen LogP contribution >= 0.6 is 0 Å². The van der Waals surface area contributed by atoms with Crippen LogP contribution in [0.25, 0.3) is 11.3 Å². The number of oxazole rings is 1. The van der Waals surface area contributed by atoms with Gasteiger partial charge in [-0.1, -0.05) is 12.1 Å². The summed E-state index contributed by atoms with van der Waals surface area (Å²) in [6.07, 6.45) is -3.30. The Morgan fingerprint density at radius 2 is 2.00 bits per heavy atom. The third-order valence-corrected chi connectivity index (χ3v) is 3.92. The van der Waals surface area contributed by atoms with Gasteiger partial charge < -0.3 is 9.73 Å². The normalized spacial score (nSPS) is 21.7. The Bertz CT molecular complexity index is 707. The van der Waals surface area contributed by atoms with Crippen LogP contribution in [0.5, 0.6) is 0 Å². The van der Waals surface area contributed by atoms with Gasteiger partial charge in [0.2, 0.25) is 5.89 Å². The van der Waals surface area contributed by atoms with Crippen molar-refractivity contribution in [3.63, 3.8) is 0 Å². The molecule has 1 atom stereocenters. The van der Waals surface area contributed by atoms with Crippen molar-refractivity contribution in [1.29, 1.82) is 5.26 Å². The molecule has 22 heavy (non-hydrogen) atoms. The molecular weight excluding hydrogens is 295 g/mol. The number of alkyl halides is 3. The molecular formula is C15H12F3N3O. The zero-order valence-corrected chi connectivity index (χ0v) is 11.4. The summed E-state index contributed by atoms with van der Waals surface area (Å²) in [5, 5.41) is 11.5. The van der Waals surface area contributed by atoms with Gasteiger partial charge in [0.25, 0.3) is 0 Å². The highest BCUT2D eigenvalue weighted by Gasteiger charge is 2.60. The van der Waals surface area contributed by atoms with Gasteiger partial charge in [0, 0.05) is 12.1 Å². The first-order valence-corrected chi connectivity index (χ1v) is 6.70. The van der Waals surface area contributed by atoms with E-state index in [0.29, 0.717) is 16.8 Å². The summed E-state index contributed by atoms with van der Waals surface area (Å²) in [5.41, 5.74) is -0.663. The number of halogens is 3. The number of nitrogens with one attached hydrogen (secondary N) is 1. The van der Waals surface area contributed by atoms with Crippen LogP contribution in [0.15, 0.2) is 34.9 Å². The average Bonchev–Trinajstić information content (AvgIpc) is 3.16. The molecule has 0 spiro atoms. The summed E-state index contributed by atoms with van der Waals surface area (Å²) in [6, 6.07) is 8.41. The summed E-state index contributed by atoms with van der Waals surface area (Å²) in [4.78, 5) is 4.05. The van der Waals surface area contributed by atoms with Crippen LogP contribution in [-0.2, 0) is 5.41 Å². The van der Waals surface area contributed by atoms with E-state index in [2.05, 4.69) is 10.3 Å². The lowest BCUT2D eigenvalue weighted by Crippen LogP contribution is -2.44. The third-order valence-electron chi connectivity index (χ3n) is 3.92. The van der Waals surface area contributed by atoms with Crippen LogP contribution < -0.4 is 5.32 Å². The molecule has 1 N–H and O–H groups in total. The summed E-state index contributed by atoms with van der Waals surface area (Å²) >= 11 is 0. The van der Waals surface area contributed by atoms with E-state index in [1.165, 1.54) is 6.26 Å². The number of nitrogens with zero attached hydrogens (tertiary/aromatic N) is 2. The van der Waals surface area contributed by atoms with E-state index in [0.717, 1.165) is 0 Å². The average molecular weight is 307 g/mol. The molecule has 0 aliphatic carbocycles. The number of hydrogen-bond acceptors (Lipinski definition) is 4. The summed E-state index contributed by atoms with van der Waals surface area (Å²) in [7, 11) is 0. The molecule has 0 saturated carbocycles. The molecule has 1 saturated heterocycles. The van der Waals surface area contributed by atoms with Gasteiger partial charge in [-0.05, 0) is 25.1 Å². The van der Waals surface area contributed by atoms with Crippen LogP contribution in [0.3, 0.4) is 0 Å². The van der Waals surface area contributed by atoms with Crippen molar-refractivity contribution in [1.82, 2.24) is 10.3 Å². The summed E-state index contributed by atoms with van der Waals surface area (Å²) < 4.78 is 45.5. The van der Waals surface area contributed by atoms with E-state index in [4.69, 9.17) is 9.68 Å². The third kappa shape index (κ3) is 2.25. The maximum Gasteiger partial charge on any atom is 0.404 e. The van der Waals surface area contributed by atoms with Gasteiger partial charge in [-0.3, -0.25) is 0 Å². The Labute approximate surface area is 124 Å². The van der Waals surface area contributed by atoms with Crippen molar-refractivity contribution in [2.24, 2.45) is 0 Å². The second kappa shape index (κ2) is 5.14. The van der Waals surface area contributed by atoms with Crippen molar-refractivity contribution >= 4 is 0 Å². The van der Waals surface area contributed by atoms with Gasteiger partial charge in [0.15, 0.2) is 5.41 Å². The van der Waals surface area contributed by atoms with Gasteiger partial charge in [-0.2, -0.15) is 18.4 Å². The highest BCUT2D eigenvalue weighted by molar-refractivity contribution is 5.59. The minimum absolute atomic E-state index is 0.0934. The van der Waals surface area contributed by atoms with Gasteiger partial charge in [-0.25, -0.2) is 4.98 Å². The van der Waals surface area contributed by atoms with Gasteiger partial charge >= 0.3 is 6.18 Å². The molecule has 4 nitrogen and oxygen atoms in total. The predicted octanol–water partition coefficient (Wildman–Crippen LogP) is 3.01. The minimum Gasteiger partial charge on any atom is -0.447 e. The largest absolute Gasteiger partial charge is 0.447 e. The molecule has 3 rings (SSSR count). The van der Waals surface area contributed by atoms with Gasteiger partial charge in [0.1, 0.15) is 12.0 Å². The van der Waals surface area contributed by atoms with E-state index in [9.17, 15) is 13.2 Å². The Morgan fingerprint density at radius 3 is 2.55 bits per heavy atom. The molecule has 2 heterocycles. The van der Waals surface area contributed by atoms with Crippen LogP contribution in [-0.4, -0.2) is 24.2 Å². The topological polar surface area (TPSA) is 61.9 Å². The first kappa shape index (κ1) is 14.6. The first-order valence-electron chi connectivity index (χ1n) is 6.70. The fraction of sp³-hybridized carbons (Fsp3) is 0.333. The molecule has 114 valence electrons. The maximum atomic E-state index is 13.4. The second-order valence-electron chi connectivity index (χ2n) is 5.23. The molecule has 1 aromatic heterocycles. The number of aromatic nitrogens is 1. The monoisotopic (exact) mass is 307 g/mol. The van der Waals surface area contributed by atoms with Crippen molar-refractivity contribution in [3.8, 4) is 17.3 Å². The quantitative estimate of drug-likeness (QED) is 0.926. The van der Waals surface area contributed by atoms with E-state index < -0.39 is 11.6 Å². The van der Waals surface area contributed by atoms with E-state index >= 15 is 0 Å². The minimum atomic E-state index is -4.43. The van der Waals surface area contributed by atoms with E-state index in [1.54, 1.807) is 24.3 Å². The van der Waals surface area contributed by atoms with Crippen LogP contribution in [0.4, 0.5) is 13.2 Å². The van der Waals surface area contributed by atoms with Crippen molar-refractivity contribution in [2.75, 3.05) is 13.1 Å². The first-order chi connectivity index (χ1) is 10.5. The molecule has 0 amide bonds. The van der Waals surface area contributed by atoms with E-state index in [1.807, 2.05) is 6.07 Å². The molecule has 1 fully saturated rings. The van der Waals surface area contributed by atoms with Crippen molar-refractivity contribution in [3.05, 3.63) is 42.0 Å².